The molecule has 0 N–H and O–H groups in total. The molecule has 1 unspecified atom stereocenters. The number of allylic oxidation sites excluding steroid dienone is 21. The molecule has 0 aromatic carbocycles. The molecule has 6 nitrogen and oxygen atoms in total. The number of esters is 3. The first-order valence-corrected chi connectivity index (χ1v) is 24.2. The number of rotatable bonds is 41. The minimum atomic E-state index is -0.849. The van der Waals surface area contributed by atoms with E-state index in [0.717, 1.165) is 116 Å². The van der Waals surface area contributed by atoms with Gasteiger partial charge in [0.15, 0.2) is 6.10 Å². The molecule has 0 aromatic rings. The largest absolute Gasteiger partial charge is 0.462 e. The molecule has 0 aromatic heterocycles. The Labute approximate surface area is 379 Å². The van der Waals surface area contributed by atoms with Crippen molar-refractivity contribution in [1.82, 2.24) is 0 Å². The molecule has 0 saturated carbocycles. The molecule has 0 heterocycles. The molecule has 0 aliphatic heterocycles. The van der Waals surface area contributed by atoms with E-state index in [0.29, 0.717) is 12.8 Å². The normalized spacial score (nSPS) is 13.3. The molecular weight excluding hydrogens is 769 g/mol. The maximum atomic E-state index is 12.8. The van der Waals surface area contributed by atoms with Gasteiger partial charge in [-0.05, 0) is 109 Å². The fourth-order valence-electron chi connectivity index (χ4n) is 5.81. The SMILES string of the molecule is CC/C=C\C/C=C\C/C=C\C/C=C\C/C=C\CC(=O)OCC(COC(=O)CCCCCCC/C=C\C/C=C\CCCC)OC(=O)CCCC/C=C\C/C=C\C/C=C\C/C=C\CC. The molecule has 0 fully saturated rings. The van der Waals surface area contributed by atoms with Crippen LogP contribution in [0, 0.1) is 0 Å². The summed E-state index contributed by atoms with van der Waals surface area (Å²) < 4.78 is 16.6. The van der Waals surface area contributed by atoms with E-state index in [1.165, 1.54) is 19.3 Å². The topological polar surface area (TPSA) is 78.9 Å². The van der Waals surface area contributed by atoms with E-state index in [4.69, 9.17) is 14.2 Å². The van der Waals surface area contributed by atoms with Crippen molar-refractivity contribution in [3.63, 3.8) is 0 Å². The molecule has 0 rings (SSSR count). The van der Waals surface area contributed by atoms with Gasteiger partial charge in [-0.1, -0.05) is 187 Å². The molecule has 0 aliphatic carbocycles. The second-order valence-corrected chi connectivity index (χ2v) is 15.3. The Morgan fingerprint density at radius 3 is 1.16 bits per heavy atom. The standard InChI is InChI=1S/C56H86O6/c1-4-7-10-13-16-19-22-25-28-31-34-37-40-43-46-49-55(58)61-52-53(51-60-54(57)48-45-42-39-36-33-30-27-24-21-18-15-12-9-6-3)62-56(59)50-47-44-41-38-35-32-29-26-23-20-17-14-11-8-5-2/h7-8,10-11,15-20,24-29,34-35,37-38,43,46,53H,4-6,9,12-14,21-23,30-33,36,39-42,44-45,47-52H2,1-3H3/b10-7-,11-8-,18-15-,19-16-,20-17-,27-24-,28-25-,29-26-,37-34-,38-35-,46-43-. The third-order valence-electron chi connectivity index (χ3n) is 9.40. The molecule has 6 heteroatoms. The summed E-state index contributed by atoms with van der Waals surface area (Å²) in [6, 6.07) is 0. The van der Waals surface area contributed by atoms with Crippen LogP contribution in [0.5, 0.6) is 0 Å². The predicted octanol–water partition coefficient (Wildman–Crippen LogP) is 15.9. The van der Waals surface area contributed by atoms with Gasteiger partial charge in [0.1, 0.15) is 13.2 Å². The molecular formula is C56H86O6. The van der Waals surface area contributed by atoms with Gasteiger partial charge in [0.2, 0.25) is 0 Å². The molecule has 62 heavy (non-hydrogen) atoms. The van der Waals surface area contributed by atoms with Crippen LogP contribution in [0.2, 0.25) is 0 Å². The minimum Gasteiger partial charge on any atom is -0.462 e. The number of carbonyl (C=O) groups excluding carboxylic acids is 3. The van der Waals surface area contributed by atoms with Crippen molar-refractivity contribution < 1.29 is 28.6 Å². The molecule has 0 radical (unpaired) electrons. The van der Waals surface area contributed by atoms with Crippen LogP contribution in [0.25, 0.3) is 0 Å². The highest BCUT2D eigenvalue weighted by molar-refractivity contribution is 5.72. The van der Waals surface area contributed by atoms with Crippen molar-refractivity contribution >= 4 is 17.9 Å². The summed E-state index contributed by atoms with van der Waals surface area (Å²) in [6.45, 7) is 6.20. The number of carbonyl (C=O) groups is 3. The summed E-state index contributed by atoms with van der Waals surface area (Å²) in [5, 5.41) is 0. The van der Waals surface area contributed by atoms with Crippen molar-refractivity contribution in [3.8, 4) is 0 Å². The van der Waals surface area contributed by atoms with Crippen LogP contribution in [0.4, 0.5) is 0 Å². The van der Waals surface area contributed by atoms with E-state index in [-0.39, 0.29) is 38.0 Å². The van der Waals surface area contributed by atoms with Crippen LogP contribution in [0.1, 0.15) is 181 Å². The second kappa shape index (κ2) is 49.2. The smallest absolute Gasteiger partial charge is 0.309 e. The van der Waals surface area contributed by atoms with Crippen LogP contribution in [-0.2, 0) is 28.6 Å². The van der Waals surface area contributed by atoms with E-state index in [1.807, 2.05) is 6.08 Å². The molecule has 0 saturated heterocycles. The number of hydrogen-bond donors (Lipinski definition) is 0. The molecule has 346 valence electrons. The lowest BCUT2D eigenvalue weighted by Crippen LogP contribution is -2.30. The number of unbranched alkanes of at least 4 members (excludes halogenated alkanes) is 9. The lowest BCUT2D eigenvalue weighted by molar-refractivity contribution is -0.166. The average molecular weight is 855 g/mol. The van der Waals surface area contributed by atoms with Gasteiger partial charge in [-0.3, -0.25) is 14.4 Å². The van der Waals surface area contributed by atoms with Gasteiger partial charge < -0.3 is 14.2 Å². The Bertz CT molecular complexity index is 1400. The highest BCUT2D eigenvalue weighted by Crippen LogP contribution is 2.11. The van der Waals surface area contributed by atoms with Crippen molar-refractivity contribution in [2.24, 2.45) is 0 Å². The summed E-state index contributed by atoms with van der Waals surface area (Å²) in [7, 11) is 0. The van der Waals surface area contributed by atoms with Crippen molar-refractivity contribution in [1.29, 1.82) is 0 Å². The average Bonchev–Trinajstić information content (AvgIpc) is 3.27. The number of ether oxygens (including phenoxy) is 3. The maximum Gasteiger partial charge on any atom is 0.309 e. The van der Waals surface area contributed by atoms with Gasteiger partial charge in [-0.25, -0.2) is 0 Å². The molecule has 0 amide bonds. The van der Waals surface area contributed by atoms with E-state index in [1.54, 1.807) is 6.08 Å². The lowest BCUT2D eigenvalue weighted by atomic mass is 10.1. The second-order valence-electron chi connectivity index (χ2n) is 15.3. The predicted molar refractivity (Wildman–Crippen MR) is 265 cm³/mol. The summed E-state index contributed by atoms with van der Waals surface area (Å²) in [6.07, 6.45) is 68.9. The van der Waals surface area contributed by atoms with Crippen molar-refractivity contribution in [2.75, 3.05) is 13.2 Å². The third-order valence-corrected chi connectivity index (χ3v) is 9.40. The first kappa shape index (κ1) is 57.5. The van der Waals surface area contributed by atoms with Crippen molar-refractivity contribution in [2.45, 2.75) is 187 Å². The monoisotopic (exact) mass is 855 g/mol. The summed E-state index contributed by atoms with van der Waals surface area (Å²) in [5.74, 6) is -1.14. The first-order valence-electron chi connectivity index (χ1n) is 24.2. The van der Waals surface area contributed by atoms with E-state index >= 15 is 0 Å². The van der Waals surface area contributed by atoms with E-state index in [2.05, 4.69) is 142 Å². The van der Waals surface area contributed by atoms with E-state index in [9.17, 15) is 14.4 Å². The number of hydrogen-bond acceptors (Lipinski definition) is 6. The van der Waals surface area contributed by atoms with Gasteiger partial charge in [-0.15, -0.1) is 0 Å². The molecule has 0 bridgehead atoms. The summed E-state index contributed by atoms with van der Waals surface area (Å²) >= 11 is 0. The minimum absolute atomic E-state index is 0.109. The fourth-order valence-corrected chi connectivity index (χ4v) is 5.81. The van der Waals surface area contributed by atoms with Crippen LogP contribution in [0.15, 0.2) is 134 Å². The summed E-state index contributed by atoms with van der Waals surface area (Å²) in [4.78, 5) is 37.8. The molecule has 1 atom stereocenters. The zero-order chi connectivity index (χ0) is 45.1. The lowest BCUT2D eigenvalue weighted by Gasteiger charge is -2.18. The van der Waals surface area contributed by atoms with Gasteiger partial charge in [0.05, 0.1) is 6.42 Å². The van der Waals surface area contributed by atoms with Crippen molar-refractivity contribution in [3.05, 3.63) is 134 Å². The highest BCUT2D eigenvalue weighted by Gasteiger charge is 2.19. The fraction of sp³-hybridized carbons (Fsp3) is 0.554. The first-order chi connectivity index (χ1) is 30.5. The Morgan fingerprint density at radius 2 is 0.694 bits per heavy atom. The quantitative estimate of drug-likeness (QED) is 0.0264. The Hall–Kier alpha value is -4.45. The molecule has 0 aliphatic rings. The third kappa shape index (κ3) is 46.6. The Kier molecular flexibility index (Phi) is 45.7. The van der Waals surface area contributed by atoms with Gasteiger partial charge in [0.25, 0.3) is 0 Å². The van der Waals surface area contributed by atoms with Crippen LogP contribution >= 0.6 is 0 Å². The maximum absolute atomic E-state index is 12.8. The Morgan fingerprint density at radius 1 is 0.355 bits per heavy atom. The van der Waals surface area contributed by atoms with E-state index < -0.39 is 12.1 Å². The zero-order valence-corrected chi connectivity index (χ0v) is 39.3. The van der Waals surface area contributed by atoms with Gasteiger partial charge in [-0.2, -0.15) is 0 Å². The Balaban J connectivity index is 4.64. The zero-order valence-electron chi connectivity index (χ0n) is 39.3. The van der Waals surface area contributed by atoms with Crippen LogP contribution < -0.4 is 0 Å². The highest BCUT2D eigenvalue weighted by atomic mass is 16.6. The van der Waals surface area contributed by atoms with Gasteiger partial charge >= 0.3 is 17.9 Å². The summed E-state index contributed by atoms with van der Waals surface area (Å²) in [5.41, 5.74) is 0. The van der Waals surface area contributed by atoms with Crippen LogP contribution in [0.3, 0.4) is 0 Å². The van der Waals surface area contributed by atoms with Crippen LogP contribution in [-0.4, -0.2) is 37.2 Å². The molecule has 0 spiro atoms. The van der Waals surface area contributed by atoms with Gasteiger partial charge in [0, 0.05) is 12.8 Å².